The normalized spacial score (nSPS) is 10.2. The van der Waals surface area contributed by atoms with E-state index >= 15 is 0 Å². The van der Waals surface area contributed by atoms with Crippen LogP contribution in [0.1, 0.15) is 10.4 Å². The Morgan fingerprint density at radius 3 is 2.71 bits per heavy atom. The fourth-order valence-electron chi connectivity index (χ4n) is 1.69. The van der Waals surface area contributed by atoms with Gasteiger partial charge in [-0.3, -0.25) is 10.1 Å². The number of esters is 1. The molecule has 7 nitrogen and oxygen atoms in total. The minimum atomic E-state index is -0.779. The molecule has 0 aliphatic carbocycles. The maximum absolute atomic E-state index is 13.6. The number of methoxy groups -OCH3 is 1. The number of rotatable bonds is 3. The van der Waals surface area contributed by atoms with Crippen LogP contribution in [-0.4, -0.2) is 28.0 Å². The summed E-state index contributed by atoms with van der Waals surface area (Å²) in [6, 6.07) is 3.17. The first-order valence-corrected chi connectivity index (χ1v) is 5.86. The first-order chi connectivity index (χ1) is 9.93. The van der Waals surface area contributed by atoms with Crippen LogP contribution in [0.15, 0.2) is 24.5 Å². The molecule has 0 saturated carbocycles. The van der Waals surface area contributed by atoms with Gasteiger partial charge in [0.2, 0.25) is 5.15 Å². The van der Waals surface area contributed by atoms with E-state index in [4.69, 9.17) is 11.6 Å². The highest BCUT2D eigenvalue weighted by molar-refractivity contribution is 6.31. The second-order valence-electron chi connectivity index (χ2n) is 3.84. The zero-order valence-corrected chi connectivity index (χ0v) is 11.3. The number of hydrogen-bond acceptors (Lipinski definition) is 6. The summed E-state index contributed by atoms with van der Waals surface area (Å²) in [7, 11) is 1.14. The van der Waals surface area contributed by atoms with Gasteiger partial charge in [-0.05, 0) is 18.2 Å². The van der Waals surface area contributed by atoms with Crippen LogP contribution in [0.2, 0.25) is 5.15 Å². The molecule has 2 rings (SSSR count). The Kier molecular flexibility index (Phi) is 4.08. The van der Waals surface area contributed by atoms with Crippen LogP contribution < -0.4 is 0 Å². The number of hydrogen-bond donors (Lipinski definition) is 0. The van der Waals surface area contributed by atoms with E-state index in [2.05, 4.69) is 14.7 Å². The lowest BCUT2D eigenvalue weighted by Crippen LogP contribution is -2.03. The Labute approximate surface area is 122 Å². The Balaban J connectivity index is 2.68. The summed E-state index contributed by atoms with van der Waals surface area (Å²) in [6.07, 6.45) is 1.01. The third-order valence-electron chi connectivity index (χ3n) is 2.55. The fraction of sp³-hybridized carbons (Fsp3) is 0.0833. The van der Waals surface area contributed by atoms with Crippen LogP contribution in [0.25, 0.3) is 11.3 Å². The number of halogens is 2. The van der Waals surface area contributed by atoms with Crippen molar-refractivity contribution in [2.24, 2.45) is 0 Å². The van der Waals surface area contributed by atoms with E-state index in [0.29, 0.717) is 0 Å². The van der Waals surface area contributed by atoms with E-state index < -0.39 is 22.4 Å². The molecule has 0 spiro atoms. The summed E-state index contributed by atoms with van der Waals surface area (Å²) < 4.78 is 18.1. The summed E-state index contributed by atoms with van der Waals surface area (Å²) in [5, 5.41) is 10.7. The molecule has 9 heteroatoms. The van der Waals surface area contributed by atoms with Gasteiger partial charge in [-0.1, -0.05) is 11.6 Å². The monoisotopic (exact) mass is 311 g/mol. The van der Waals surface area contributed by atoms with Crippen LogP contribution in [0, 0.1) is 15.9 Å². The predicted octanol–water partition coefficient (Wildman–Crippen LogP) is 2.63. The van der Waals surface area contributed by atoms with Crippen LogP contribution in [-0.2, 0) is 4.74 Å². The number of ether oxygens (including phenoxy) is 1. The van der Waals surface area contributed by atoms with Crippen molar-refractivity contribution in [1.29, 1.82) is 0 Å². The number of benzene rings is 1. The lowest BCUT2D eigenvalue weighted by Gasteiger charge is -2.05. The van der Waals surface area contributed by atoms with E-state index in [-0.39, 0.29) is 22.0 Å². The predicted molar refractivity (Wildman–Crippen MR) is 70.4 cm³/mol. The largest absolute Gasteiger partial charge is 0.465 e. The molecule has 1 aromatic heterocycles. The molecule has 0 aliphatic rings. The van der Waals surface area contributed by atoms with E-state index in [1.807, 2.05) is 0 Å². The van der Waals surface area contributed by atoms with Gasteiger partial charge in [-0.15, -0.1) is 0 Å². The Hall–Kier alpha value is -2.61. The maximum Gasteiger partial charge on any atom is 0.337 e. The second kappa shape index (κ2) is 5.80. The number of carbonyl (C=O) groups excluding carboxylic acids is 1. The SMILES string of the molecule is COC(=O)c1cc(F)cc(-c2ncnc(Cl)c2[N+](=O)[O-])c1. The Morgan fingerprint density at radius 2 is 2.10 bits per heavy atom. The van der Waals surface area contributed by atoms with Crippen LogP contribution >= 0.6 is 11.6 Å². The van der Waals surface area contributed by atoms with Gasteiger partial charge in [-0.25, -0.2) is 19.2 Å². The number of carbonyl (C=O) groups is 1. The number of nitro groups is 1. The topological polar surface area (TPSA) is 95.2 Å². The molecule has 0 fully saturated rings. The van der Waals surface area contributed by atoms with Gasteiger partial charge in [0.1, 0.15) is 12.1 Å². The molecule has 0 N–H and O–H groups in total. The van der Waals surface area contributed by atoms with Gasteiger partial charge in [0.05, 0.1) is 17.6 Å². The van der Waals surface area contributed by atoms with Crippen molar-refractivity contribution in [1.82, 2.24) is 9.97 Å². The lowest BCUT2D eigenvalue weighted by molar-refractivity contribution is -0.384. The van der Waals surface area contributed by atoms with Gasteiger partial charge in [0, 0.05) is 5.56 Å². The second-order valence-corrected chi connectivity index (χ2v) is 4.20. The molecule has 21 heavy (non-hydrogen) atoms. The van der Waals surface area contributed by atoms with Crippen LogP contribution in [0.4, 0.5) is 10.1 Å². The highest BCUT2D eigenvalue weighted by Crippen LogP contribution is 2.33. The van der Waals surface area contributed by atoms with Crippen molar-refractivity contribution in [3.8, 4) is 11.3 Å². The summed E-state index contributed by atoms with van der Waals surface area (Å²) in [5.41, 5.74) is -0.840. The van der Waals surface area contributed by atoms with E-state index in [0.717, 1.165) is 25.6 Å². The molecule has 0 aliphatic heterocycles. The summed E-state index contributed by atoms with van der Waals surface area (Å²) in [6.45, 7) is 0. The van der Waals surface area contributed by atoms with Gasteiger partial charge >= 0.3 is 11.7 Å². The molecule has 0 saturated heterocycles. The van der Waals surface area contributed by atoms with Gasteiger partial charge in [-0.2, -0.15) is 0 Å². The fourth-order valence-corrected chi connectivity index (χ4v) is 1.89. The van der Waals surface area contributed by atoms with E-state index in [1.54, 1.807) is 0 Å². The van der Waals surface area contributed by atoms with Gasteiger partial charge in [0.25, 0.3) is 0 Å². The summed E-state index contributed by atoms with van der Waals surface area (Å²) >= 11 is 5.67. The average molecular weight is 312 g/mol. The summed E-state index contributed by atoms with van der Waals surface area (Å²) in [5.74, 6) is -1.55. The smallest absolute Gasteiger partial charge is 0.337 e. The molecular weight excluding hydrogens is 305 g/mol. The van der Waals surface area contributed by atoms with Crippen LogP contribution in [0.5, 0.6) is 0 Å². The zero-order valence-electron chi connectivity index (χ0n) is 10.5. The third-order valence-corrected chi connectivity index (χ3v) is 2.83. The highest BCUT2D eigenvalue weighted by Gasteiger charge is 2.24. The minimum absolute atomic E-state index is 0.0198. The number of aromatic nitrogens is 2. The van der Waals surface area contributed by atoms with Crippen molar-refractivity contribution in [3.05, 3.63) is 51.2 Å². The highest BCUT2D eigenvalue weighted by atomic mass is 35.5. The molecule has 0 amide bonds. The first kappa shape index (κ1) is 14.8. The van der Waals surface area contributed by atoms with Crippen molar-refractivity contribution in [2.75, 3.05) is 7.11 Å². The van der Waals surface area contributed by atoms with Gasteiger partial charge < -0.3 is 4.74 Å². The molecular formula is C12H7ClFN3O4. The van der Waals surface area contributed by atoms with Crippen LogP contribution in [0.3, 0.4) is 0 Å². The molecule has 0 bridgehead atoms. The molecule has 0 atom stereocenters. The minimum Gasteiger partial charge on any atom is -0.465 e. The molecule has 0 radical (unpaired) electrons. The quantitative estimate of drug-likeness (QED) is 0.374. The van der Waals surface area contributed by atoms with E-state index in [1.165, 1.54) is 6.07 Å². The average Bonchev–Trinajstić information content (AvgIpc) is 2.45. The molecule has 1 heterocycles. The molecule has 108 valence electrons. The lowest BCUT2D eigenvalue weighted by atomic mass is 10.1. The maximum atomic E-state index is 13.6. The van der Waals surface area contributed by atoms with Crippen molar-refractivity contribution in [2.45, 2.75) is 0 Å². The zero-order chi connectivity index (χ0) is 15.6. The van der Waals surface area contributed by atoms with Gasteiger partial charge in [0.15, 0.2) is 5.69 Å². The first-order valence-electron chi connectivity index (χ1n) is 5.48. The van der Waals surface area contributed by atoms with Crippen molar-refractivity contribution < 1.29 is 18.8 Å². The van der Waals surface area contributed by atoms with E-state index in [9.17, 15) is 19.3 Å². The third kappa shape index (κ3) is 2.95. The Morgan fingerprint density at radius 1 is 1.38 bits per heavy atom. The van der Waals surface area contributed by atoms with Crippen molar-refractivity contribution >= 4 is 23.3 Å². The van der Waals surface area contributed by atoms with Crippen molar-refractivity contribution in [3.63, 3.8) is 0 Å². The Bertz CT molecular complexity index is 738. The summed E-state index contributed by atoms with van der Waals surface area (Å²) in [4.78, 5) is 29.0. The molecule has 0 unspecified atom stereocenters. The number of nitrogens with zero attached hydrogens (tertiary/aromatic N) is 3. The standard InChI is InChI=1S/C12H7ClFN3O4/c1-21-12(18)7-2-6(3-8(14)4-7)9-10(17(19)20)11(13)16-5-15-9/h2-5H,1H3. The molecule has 1 aromatic carbocycles. The molecule has 2 aromatic rings.